The molecule has 1 heterocycles. The number of amides is 1. The van der Waals surface area contributed by atoms with Crippen molar-refractivity contribution >= 4 is 23.0 Å². The van der Waals surface area contributed by atoms with Crippen molar-refractivity contribution in [1.82, 2.24) is 4.98 Å². The summed E-state index contributed by atoms with van der Waals surface area (Å²) in [7, 11) is 0. The van der Waals surface area contributed by atoms with Gasteiger partial charge in [0.1, 0.15) is 17.5 Å². The number of benzene rings is 1. The molecule has 0 fully saturated rings. The van der Waals surface area contributed by atoms with Crippen molar-refractivity contribution in [2.24, 2.45) is 11.5 Å². The van der Waals surface area contributed by atoms with Gasteiger partial charge in [-0.2, -0.15) is 0 Å². The van der Waals surface area contributed by atoms with Gasteiger partial charge in [-0.25, -0.2) is 13.8 Å². The fourth-order valence-electron chi connectivity index (χ4n) is 3.33. The van der Waals surface area contributed by atoms with Crippen molar-refractivity contribution in [3.05, 3.63) is 107 Å². The van der Waals surface area contributed by atoms with E-state index in [1.54, 1.807) is 42.5 Å². The Morgan fingerprint density at radius 2 is 2.03 bits per heavy atom. The Kier molecular flexibility index (Phi) is 7.91. The summed E-state index contributed by atoms with van der Waals surface area (Å²) in [5.41, 5.74) is 14.5. The zero-order chi connectivity index (χ0) is 23.8. The van der Waals surface area contributed by atoms with Gasteiger partial charge in [0, 0.05) is 29.4 Å². The lowest BCUT2D eigenvalue weighted by Gasteiger charge is -2.08. The van der Waals surface area contributed by atoms with Gasteiger partial charge in [0.25, 0.3) is 0 Å². The van der Waals surface area contributed by atoms with Crippen molar-refractivity contribution in [1.29, 1.82) is 0 Å². The number of allylic oxidation sites excluding steroid dienone is 8. The molecule has 1 amide bonds. The van der Waals surface area contributed by atoms with Gasteiger partial charge in [0.2, 0.25) is 5.91 Å². The molecule has 1 aliphatic rings. The predicted molar refractivity (Wildman–Crippen MR) is 129 cm³/mol. The van der Waals surface area contributed by atoms with Crippen LogP contribution in [0.25, 0.3) is 11.3 Å². The molecule has 1 aromatic carbocycles. The first-order valence-corrected chi connectivity index (χ1v) is 10.5. The molecule has 1 aromatic heterocycles. The number of nitrogens with zero attached hydrogens (tertiary/aromatic N) is 1. The molecule has 5 nitrogen and oxygen atoms in total. The quantitative estimate of drug-likeness (QED) is 0.511. The summed E-state index contributed by atoms with van der Waals surface area (Å²) in [5, 5.41) is 2.68. The molecule has 0 radical (unpaired) electrons. The summed E-state index contributed by atoms with van der Waals surface area (Å²) in [4.78, 5) is 16.6. The lowest BCUT2D eigenvalue weighted by atomic mass is 10.0. The summed E-state index contributed by atoms with van der Waals surface area (Å²) in [6.45, 7) is 1.95. The number of nitrogens with two attached hydrogens (primary N) is 2. The average Bonchev–Trinajstić information content (AvgIpc) is 2.99. The standard InChI is InChI=1S/C26H26F2N4O/c1-2-17-5-7-19(15-21(27)12-17)22-9-6-18(13-23(22)28)14-26(33)32-25-10-8-20(16-31-25)24(30)4-3-11-29/h3-11,13,15-16H,2,12,14,29-30H2,1H3,(H,31,32,33)/b11-3-,24-4-. The molecular formula is C26H26F2N4O. The third-order valence-corrected chi connectivity index (χ3v) is 5.12. The topological polar surface area (TPSA) is 94.0 Å². The second-order valence-electron chi connectivity index (χ2n) is 7.55. The molecule has 0 saturated carbocycles. The van der Waals surface area contributed by atoms with Gasteiger partial charge < -0.3 is 16.8 Å². The van der Waals surface area contributed by atoms with Crippen molar-refractivity contribution in [3.63, 3.8) is 0 Å². The fraction of sp³-hybridized carbons (Fsp3) is 0.154. The Morgan fingerprint density at radius 1 is 1.21 bits per heavy atom. The number of nitrogens with one attached hydrogen (secondary N) is 1. The van der Waals surface area contributed by atoms with Crippen LogP contribution in [0.5, 0.6) is 0 Å². The first-order chi connectivity index (χ1) is 15.9. The largest absolute Gasteiger partial charge is 0.405 e. The lowest BCUT2D eigenvalue weighted by Crippen LogP contribution is -2.15. The van der Waals surface area contributed by atoms with Crippen molar-refractivity contribution in [3.8, 4) is 0 Å². The van der Waals surface area contributed by atoms with Gasteiger partial charge in [-0.3, -0.25) is 4.79 Å². The van der Waals surface area contributed by atoms with Gasteiger partial charge in [-0.15, -0.1) is 0 Å². The fourth-order valence-corrected chi connectivity index (χ4v) is 3.33. The maximum Gasteiger partial charge on any atom is 0.229 e. The van der Waals surface area contributed by atoms with E-state index in [1.807, 2.05) is 13.0 Å². The summed E-state index contributed by atoms with van der Waals surface area (Å²) in [6, 6.07) is 7.87. The smallest absolute Gasteiger partial charge is 0.229 e. The van der Waals surface area contributed by atoms with Gasteiger partial charge in [-0.05, 0) is 60.2 Å². The van der Waals surface area contributed by atoms with E-state index >= 15 is 0 Å². The molecule has 33 heavy (non-hydrogen) atoms. The number of hydrogen-bond donors (Lipinski definition) is 3. The van der Waals surface area contributed by atoms with E-state index < -0.39 is 5.82 Å². The van der Waals surface area contributed by atoms with Crippen LogP contribution >= 0.6 is 0 Å². The molecule has 5 N–H and O–H groups in total. The normalized spacial score (nSPS) is 14.4. The maximum atomic E-state index is 14.8. The molecule has 2 aromatic rings. The summed E-state index contributed by atoms with van der Waals surface area (Å²) in [5.74, 6) is -0.806. The van der Waals surface area contributed by atoms with E-state index in [1.165, 1.54) is 24.5 Å². The molecule has 7 heteroatoms. The number of carbonyl (C=O) groups is 1. The van der Waals surface area contributed by atoms with Crippen LogP contribution in [0.2, 0.25) is 0 Å². The maximum absolute atomic E-state index is 14.8. The highest BCUT2D eigenvalue weighted by Crippen LogP contribution is 2.28. The van der Waals surface area contributed by atoms with Crippen LogP contribution in [0.15, 0.2) is 84.5 Å². The molecule has 3 rings (SSSR count). The third-order valence-electron chi connectivity index (χ3n) is 5.12. The molecule has 0 spiro atoms. The van der Waals surface area contributed by atoms with Crippen LogP contribution in [-0.4, -0.2) is 10.9 Å². The summed E-state index contributed by atoms with van der Waals surface area (Å²) in [6.07, 6.45) is 12.0. The van der Waals surface area contributed by atoms with Crippen LogP contribution in [-0.2, 0) is 11.2 Å². The van der Waals surface area contributed by atoms with E-state index in [2.05, 4.69) is 10.3 Å². The van der Waals surface area contributed by atoms with Gasteiger partial charge in [0.15, 0.2) is 0 Å². The number of pyridine rings is 1. The minimum Gasteiger partial charge on any atom is -0.405 e. The second kappa shape index (κ2) is 11.0. The molecule has 0 unspecified atom stereocenters. The van der Waals surface area contributed by atoms with Crippen LogP contribution in [0, 0.1) is 5.82 Å². The number of hydrogen-bond acceptors (Lipinski definition) is 4. The molecule has 0 atom stereocenters. The second-order valence-corrected chi connectivity index (χ2v) is 7.55. The summed E-state index contributed by atoms with van der Waals surface area (Å²) >= 11 is 0. The lowest BCUT2D eigenvalue weighted by molar-refractivity contribution is -0.115. The number of halogens is 2. The minimum absolute atomic E-state index is 0.0346. The van der Waals surface area contributed by atoms with Crippen molar-refractivity contribution in [2.75, 3.05) is 5.32 Å². The van der Waals surface area contributed by atoms with Crippen molar-refractivity contribution in [2.45, 2.75) is 26.2 Å². The SMILES string of the molecule is CCC1=CC=C(c2ccc(CC(=O)Nc3ccc(/C(N)=C/C=C\N)cn3)cc2F)C=C(F)C1. The monoisotopic (exact) mass is 448 g/mol. The number of rotatable bonds is 7. The zero-order valence-electron chi connectivity index (χ0n) is 18.3. The Morgan fingerprint density at radius 3 is 2.70 bits per heavy atom. The molecule has 0 bridgehead atoms. The zero-order valence-corrected chi connectivity index (χ0v) is 18.3. The summed E-state index contributed by atoms with van der Waals surface area (Å²) < 4.78 is 28.9. The minimum atomic E-state index is -0.514. The Bertz CT molecular complexity index is 1180. The van der Waals surface area contributed by atoms with Gasteiger partial charge >= 0.3 is 0 Å². The molecular weight excluding hydrogens is 422 g/mol. The van der Waals surface area contributed by atoms with E-state index in [0.29, 0.717) is 28.2 Å². The predicted octanol–water partition coefficient (Wildman–Crippen LogP) is 5.15. The number of aromatic nitrogens is 1. The Balaban J connectivity index is 1.68. The van der Waals surface area contributed by atoms with E-state index in [4.69, 9.17) is 11.5 Å². The van der Waals surface area contributed by atoms with Gasteiger partial charge in [-0.1, -0.05) is 36.8 Å². The molecule has 1 aliphatic carbocycles. The Hall–Kier alpha value is -4.00. The number of anilines is 1. The van der Waals surface area contributed by atoms with Crippen LogP contribution in [0.3, 0.4) is 0 Å². The van der Waals surface area contributed by atoms with E-state index in [-0.39, 0.29) is 30.1 Å². The highest BCUT2D eigenvalue weighted by Gasteiger charge is 2.13. The van der Waals surface area contributed by atoms with Crippen LogP contribution < -0.4 is 16.8 Å². The first kappa shape index (κ1) is 23.7. The first-order valence-electron chi connectivity index (χ1n) is 10.5. The highest BCUT2D eigenvalue weighted by molar-refractivity contribution is 5.91. The Labute approximate surface area is 191 Å². The van der Waals surface area contributed by atoms with Crippen LogP contribution in [0.4, 0.5) is 14.6 Å². The third kappa shape index (κ3) is 6.49. The van der Waals surface area contributed by atoms with Crippen LogP contribution in [0.1, 0.15) is 36.5 Å². The molecule has 0 saturated heterocycles. The van der Waals surface area contributed by atoms with Gasteiger partial charge in [0.05, 0.1) is 6.42 Å². The molecule has 0 aliphatic heterocycles. The highest BCUT2D eigenvalue weighted by atomic mass is 19.1. The van der Waals surface area contributed by atoms with Crippen molar-refractivity contribution < 1.29 is 13.6 Å². The van der Waals surface area contributed by atoms with E-state index in [0.717, 1.165) is 12.0 Å². The van der Waals surface area contributed by atoms with E-state index in [9.17, 15) is 13.6 Å². The average molecular weight is 449 g/mol. The molecule has 170 valence electrons. The number of carbonyl (C=O) groups excluding carboxylic acids is 1.